The lowest BCUT2D eigenvalue weighted by Crippen LogP contribution is -2.26. The van der Waals surface area contributed by atoms with Crippen LogP contribution in [0.3, 0.4) is 0 Å². The van der Waals surface area contributed by atoms with Crippen LogP contribution in [-0.4, -0.2) is 8.42 Å². The summed E-state index contributed by atoms with van der Waals surface area (Å²) in [5.41, 5.74) is 0. The highest BCUT2D eigenvalue weighted by atomic mass is 35.5. The molecule has 0 spiro atoms. The summed E-state index contributed by atoms with van der Waals surface area (Å²) in [5, 5.41) is -0.00606. The molecule has 0 fully saturated rings. The number of aryl methyl sites for hydroxylation is 1. The third-order valence-corrected chi connectivity index (χ3v) is 5.91. The van der Waals surface area contributed by atoms with Gasteiger partial charge in [-0.1, -0.05) is 11.6 Å². The molecule has 1 aromatic heterocycles. The molecule has 0 aliphatic rings. The van der Waals surface area contributed by atoms with Gasteiger partial charge in [0, 0.05) is 9.75 Å². The van der Waals surface area contributed by atoms with Crippen LogP contribution in [0.1, 0.15) is 22.7 Å². The molecule has 1 unspecified atom stereocenters. The summed E-state index contributed by atoms with van der Waals surface area (Å²) in [6.07, 6.45) is 0. The first kappa shape index (κ1) is 15.4. The molecule has 0 radical (unpaired) electrons. The molecule has 0 saturated heterocycles. The first-order valence-electron chi connectivity index (χ1n) is 5.83. The molecular weight excluding hydrogens is 321 g/mol. The number of nitrogens with one attached hydrogen (secondary N) is 1. The lowest BCUT2D eigenvalue weighted by Gasteiger charge is -2.13. The molecule has 1 atom stereocenters. The first-order chi connectivity index (χ1) is 9.29. The number of halogens is 2. The van der Waals surface area contributed by atoms with E-state index < -0.39 is 21.9 Å². The van der Waals surface area contributed by atoms with Gasteiger partial charge in [0.25, 0.3) is 0 Å². The number of rotatable bonds is 4. The Hall–Kier alpha value is -0.950. The molecule has 1 N–H and O–H groups in total. The van der Waals surface area contributed by atoms with Crippen LogP contribution in [-0.2, 0) is 10.0 Å². The third kappa shape index (κ3) is 3.38. The molecule has 108 valence electrons. The largest absolute Gasteiger partial charge is 0.242 e. The van der Waals surface area contributed by atoms with Crippen LogP contribution in [0.25, 0.3) is 0 Å². The molecule has 7 heteroatoms. The van der Waals surface area contributed by atoms with Gasteiger partial charge in [-0.25, -0.2) is 17.5 Å². The van der Waals surface area contributed by atoms with Crippen molar-refractivity contribution < 1.29 is 12.8 Å². The van der Waals surface area contributed by atoms with Crippen LogP contribution in [0.2, 0.25) is 5.02 Å². The van der Waals surface area contributed by atoms with Crippen molar-refractivity contribution >= 4 is 33.0 Å². The fourth-order valence-corrected chi connectivity index (χ4v) is 4.41. The number of thiophene rings is 1. The minimum atomic E-state index is -3.87. The molecule has 1 aromatic carbocycles. The summed E-state index contributed by atoms with van der Waals surface area (Å²) in [7, 11) is -3.87. The summed E-state index contributed by atoms with van der Waals surface area (Å²) in [6, 6.07) is 6.63. The van der Waals surface area contributed by atoms with Crippen molar-refractivity contribution in [2.24, 2.45) is 0 Å². The maximum absolute atomic E-state index is 13.2. The van der Waals surface area contributed by atoms with Gasteiger partial charge in [-0.05, 0) is 44.2 Å². The second-order valence-electron chi connectivity index (χ2n) is 4.37. The van der Waals surface area contributed by atoms with Gasteiger partial charge < -0.3 is 0 Å². The van der Waals surface area contributed by atoms with Crippen LogP contribution < -0.4 is 4.72 Å². The van der Waals surface area contributed by atoms with E-state index in [-0.39, 0.29) is 9.92 Å². The van der Waals surface area contributed by atoms with Gasteiger partial charge in [0.1, 0.15) is 10.7 Å². The van der Waals surface area contributed by atoms with E-state index in [2.05, 4.69) is 4.72 Å². The Morgan fingerprint density at radius 3 is 2.60 bits per heavy atom. The summed E-state index contributed by atoms with van der Waals surface area (Å²) >= 11 is 7.34. The Labute approximate surface area is 126 Å². The van der Waals surface area contributed by atoms with E-state index in [1.165, 1.54) is 17.4 Å². The van der Waals surface area contributed by atoms with Gasteiger partial charge >= 0.3 is 0 Å². The second-order valence-corrected chi connectivity index (χ2v) is 7.78. The molecule has 3 nitrogen and oxygen atoms in total. The van der Waals surface area contributed by atoms with Crippen molar-refractivity contribution in [1.29, 1.82) is 0 Å². The number of hydrogen-bond donors (Lipinski definition) is 1. The Morgan fingerprint density at radius 2 is 2.00 bits per heavy atom. The number of sulfonamides is 1. The molecule has 0 aliphatic carbocycles. The minimum Gasteiger partial charge on any atom is -0.207 e. The standard InChI is InChI=1S/C13H13ClFNO2S2/c1-8-3-6-12(19-8)9(2)16-20(17,18)13-7-10(15)4-5-11(13)14/h3-7,9,16H,1-2H3. The zero-order valence-corrected chi connectivity index (χ0v) is 13.2. The fourth-order valence-electron chi connectivity index (χ4n) is 1.72. The highest BCUT2D eigenvalue weighted by molar-refractivity contribution is 7.89. The molecule has 0 bridgehead atoms. The summed E-state index contributed by atoms with van der Waals surface area (Å²) in [6.45, 7) is 3.68. The predicted molar refractivity (Wildman–Crippen MR) is 79.2 cm³/mol. The van der Waals surface area contributed by atoms with Gasteiger partial charge in [-0.15, -0.1) is 11.3 Å². The van der Waals surface area contributed by atoms with E-state index in [9.17, 15) is 12.8 Å². The molecule has 0 amide bonds. The minimum absolute atomic E-state index is 0.00606. The molecule has 2 aromatic rings. The van der Waals surface area contributed by atoms with Crippen LogP contribution in [0.4, 0.5) is 4.39 Å². The Morgan fingerprint density at radius 1 is 1.30 bits per heavy atom. The highest BCUT2D eigenvalue weighted by Crippen LogP contribution is 2.27. The van der Waals surface area contributed by atoms with Crippen LogP contribution in [0.5, 0.6) is 0 Å². The third-order valence-electron chi connectivity index (χ3n) is 2.70. The first-order valence-corrected chi connectivity index (χ1v) is 8.51. The summed E-state index contributed by atoms with van der Waals surface area (Å²) in [4.78, 5) is 1.73. The van der Waals surface area contributed by atoms with Crippen molar-refractivity contribution in [3.05, 3.63) is 50.9 Å². The molecule has 0 saturated carbocycles. The van der Waals surface area contributed by atoms with Crippen LogP contribution >= 0.6 is 22.9 Å². The van der Waals surface area contributed by atoms with Crippen molar-refractivity contribution in [3.63, 3.8) is 0 Å². The maximum atomic E-state index is 13.2. The zero-order valence-electron chi connectivity index (χ0n) is 10.9. The van der Waals surface area contributed by atoms with E-state index in [1.807, 2.05) is 19.1 Å². The smallest absolute Gasteiger partial charge is 0.207 e. The van der Waals surface area contributed by atoms with Crippen molar-refractivity contribution in [2.45, 2.75) is 24.8 Å². The predicted octanol–water partition coefficient (Wildman–Crippen LogP) is 3.89. The Bertz CT molecular complexity index is 728. The molecular formula is C13H13ClFNO2S2. The van der Waals surface area contributed by atoms with Gasteiger partial charge in [-0.2, -0.15) is 0 Å². The maximum Gasteiger partial charge on any atom is 0.242 e. The lowest BCUT2D eigenvalue weighted by molar-refractivity contribution is 0.565. The summed E-state index contributed by atoms with van der Waals surface area (Å²) in [5.74, 6) is -0.644. The van der Waals surface area contributed by atoms with Gasteiger partial charge in [0.05, 0.1) is 11.1 Å². The quantitative estimate of drug-likeness (QED) is 0.922. The normalized spacial score (nSPS) is 13.4. The Balaban J connectivity index is 2.29. The lowest BCUT2D eigenvalue weighted by atomic mass is 10.3. The molecule has 2 rings (SSSR count). The Kier molecular flexibility index (Phi) is 4.49. The average Bonchev–Trinajstić information content (AvgIpc) is 2.78. The topological polar surface area (TPSA) is 46.2 Å². The summed E-state index contributed by atoms with van der Waals surface area (Å²) < 4.78 is 40.2. The fraction of sp³-hybridized carbons (Fsp3) is 0.231. The highest BCUT2D eigenvalue weighted by Gasteiger charge is 2.22. The number of benzene rings is 1. The number of hydrogen-bond acceptors (Lipinski definition) is 3. The van der Waals surface area contributed by atoms with Gasteiger partial charge in [0.2, 0.25) is 10.0 Å². The molecule has 1 heterocycles. The van der Waals surface area contributed by atoms with E-state index in [1.54, 1.807) is 6.92 Å². The van der Waals surface area contributed by atoms with E-state index >= 15 is 0 Å². The van der Waals surface area contributed by atoms with Crippen LogP contribution in [0.15, 0.2) is 35.2 Å². The van der Waals surface area contributed by atoms with E-state index in [0.717, 1.165) is 21.9 Å². The monoisotopic (exact) mass is 333 g/mol. The zero-order chi connectivity index (χ0) is 14.9. The second kappa shape index (κ2) is 5.81. The van der Waals surface area contributed by atoms with Crippen LogP contribution in [0, 0.1) is 12.7 Å². The van der Waals surface area contributed by atoms with Gasteiger partial charge in [-0.3, -0.25) is 0 Å². The average molecular weight is 334 g/mol. The molecule has 20 heavy (non-hydrogen) atoms. The van der Waals surface area contributed by atoms with Crippen molar-refractivity contribution in [1.82, 2.24) is 4.72 Å². The SMILES string of the molecule is Cc1ccc(C(C)NS(=O)(=O)c2cc(F)ccc2Cl)s1. The van der Waals surface area contributed by atoms with Crippen molar-refractivity contribution in [2.75, 3.05) is 0 Å². The van der Waals surface area contributed by atoms with E-state index in [4.69, 9.17) is 11.6 Å². The molecule has 0 aliphatic heterocycles. The van der Waals surface area contributed by atoms with E-state index in [0.29, 0.717) is 0 Å². The van der Waals surface area contributed by atoms with Gasteiger partial charge in [0.15, 0.2) is 0 Å². The van der Waals surface area contributed by atoms with Crippen molar-refractivity contribution in [3.8, 4) is 0 Å².